The van der Waals surface area contributed by atoms with Crippen LogP contribution in [-0.4, -0.2) is 46.2 Å². The molecule has 2 aromatic rings. The van der Waals surface area contributed by atoms with Crippen LogP contribution in [0.4, 0.5) is 0 Å². The molecule has 2 heterocycles. The minimum absolute atomic E-state index is 0.161. The Bertz CT molecular complexity index is 610. The van der Waals surface area contributed by atoms with E-state index in [-0.39, 0.29) is 11.8 Å². The molecule has 22 heavy (non-hydrogen) atoms. The van der Waals surface area contributed by atoms with Gasteiger partial charge in [-0.15, -0.1) is 0 Å². The van der Waals surface area contributed by atoms with Gasteiger partial charge in [0.2, 0.25) is 5.91 Å². The summed E-state index contributed by atoms with van der Waals surface area (Å²) in [6, 6.07) is 7.65. The lowest BCUT2D eigenvalue weighted by Crippen LogP contribution is -2.40. The first kappa shape index (κ1) is 14.6. The Kier molecular flexibility index (Phi) is 4.37. The van der Waals surface area contributed by atoms with Gasteiger partial charge in [-0.3, -0.25) is 9.89 Å². The van der Waals surface area contributed by atoms with E-state index in [2.05, 4.69) is 15.2 Å². The Labute approximate surface area is 129 Å². The zero-order valence-corrected chi connectivity index (χ0v) is 12.7. The number of nitrogens with one attached hydrogen (secondary N) is 1. The summed E-state index contributed by atoms with van der Waals surface area (Å²) in [6.07, 6.45) is 3.99. The summed E-state index contributed by atoms with van der Waals surface area (Å²) in [6.45, 7) is 1.53. The second-order valence-electron chi connectivity index (χ2n) is 5.57. The van der Waals surface area contributed by atoms with Gasteiger partial charge in [0.15, 0.2) is 0 Å². The summed E-state index contributed by atoms with van der Waals surface area (Å²) in [5.41, 5.74) is 1.01. The number of H-pyrrole nitrogens is 1. The SMILES string of the molecule is COc1ccc(CC(=O)N2CCCC(c3ncn[nH]3)C2)cc1. The molecule has 0 radical (unpaired) electrons. The van der Waals surface area contributed by atoms with Crippen LogP contribution in [-0.2, 0) is 11.2 Å². The van der Waals surface area contributed by atoms with Crippen LogP contribution in [0.5, 0.6) is 5.75 Å². The topological polar surface area (TPSA) is 71.1 Å². The van der Waals surface area contributed by atoms with Gasteiger partial charge in [0, 0.05) is 19.0 Å². The average molecular weight is 300 g/mol. The standard InChI is InChI=1S/C16H20N4O2/c1-22-14-6-4-12(5-7-14)9-15(21)20-8-2-3-13(10-20)16-17-11-18-19-16/h4-7,11,13H,2-3,8-10H2,1H3,(H,17,18,19). The molecule has 1 aromatic heterocycles. The molecule has 1 fully saturated rings. The quantitative estimate of drug-likeness (QED) is 0.934. The van der Waals surface area contributed by atoms with E-state index in [0.29, 0.717) is 13.0 Å². The van der Waals surface area contributed by atoms with Crippen LogP contribution in [0.25, 0.3) is 0 Å². The molecule has 1 saturated heterocycles. The number of amides is 1. The minimum atomic E-state index is 0.161. The number of ether oxygens (including phenoxy) is 1. The largest absolute Gasteiger partial charge is 0.497 e. The summed E-state index contributed by atoms with van der Waals surface area (Å²) in [5, 5.41) is 6.82. The number of likely N-dealkylation sites (tertiary alicyclic amines) is 1. The number of hydrogen-bond donors (Lipinski definition) is 1. The average Bonchev–Trinajstić information content (AvgIpc) is 3.10. The Morgan fingerprint density at radius 3 is 2.91 bits per heavy atom. The smallest absolute Gasteiger partial charge is 0.227 e. The lowest BCUT2D eigenvalue weighted by Gasteiger charge is -2.31. The summed E-state index contributed by atoms with van der Waals surface area (Å²) in [4.78, 5) is 18.6. The fraction of sp³-hybridized carbons (Fsp3) is 0.438. The van der Waals surface area contributed by atoms with Gasteiger partial charge >= 0.3 is 0 Å². The van der Waals surface area contributed by atoms with E-state index in [1.807, 2.05) is 29.2 Å². The Morgan fingerprint density at radius 1 is 1.41 bits per heavy atom. The molecular formula is C16H20N4O2. The van der Waals surface area contributed by atoms with Crippen molar-refractivity contribution >= 4 is 5.91 Å². The Balaban J connectivity index is 1.61. The summed E-state index contributed by atoms with van der Waals surface area (Å²) >= 11 is 0. The van der Waals surface area contributed by atoms with Gasteiger partial charge in [-0.25, -0.2) is 4.98 Å². The maximum absolute atomic E-state index is 12.5. The number of piperidine rings is 1. The predicted octanol–water partition coefficient (Wildman–Crippen LogP) is 1.76. The first-order valence-electron chi connectivity index (χ1n) is 7.52. The van der Waals surface area contributed by atoms with E-state index < -0.39 is 0 Å². The molecule has 3 rings (SSSR count). The van der Waals surface area contributed by atoms with E-state index >= 15 is 0 Å². The van der Waals surface area contributed by atoms with Crippen molar-refractivity contribution in [3.05, 3.63) is 42.0 Å². The minimum Gasteiger partial charge on any atom is -0.497 e. The zero-order valence-electron chi connectivity index (χ0n) is 12.7. The van der Waals surface area contributed by atoms with Crippen LogP contribution in [0.2, 0.25) is 0 Å². The van der Waals surface area contributed by atoms with Crippen LogP contribution in [0.15, 0.2) is 30.6 Å². The number of methoxy groups -OCH3 is 1. The lowest BCUT2D eigenvalue weighted by atomic mass is 9.97. The van der Waals surface area contributed by atoms with Crippen molar-refractivity contribution in [2.75, 3.05) is 20.2 Å². The second kappa shape index (κ2) is 6.60. The number of carbonyl (C=O) groups is 1. The summed E-state index contributed by atoms with van der Waals surface area (Å²) < 4.78 is 5.13. The van der Waals surface area contributed by atoms with Gasteiger partial charge < -0.3 is 9.64 Å². The van der Waals surface area contributed by atoms with Gasteiger partial charge in [0.1, 0.15) is 17.9 Å². The van der Waals surface area contributed by atoms with Crippen molar-refractivity contribution in [1.29, 1.82) is 0 Å². The highest BCUT2D eigenvalue weighted by molar-refractivity contribution is 5.79. The Morgan fingerprint density at radius 2 is 2.23 bits per heavy atom. The van der Waals surface area contributed by atoms with Crippen molar-refractivity contribution in [2.45, 2.75) is 25.2 Å². The van der Waals surface area contributed by atoms with Gasteiger partial charge in [0.05, 0.1) is 13.5 Å². The van der Waals surface area contributed by atoms with Crippen LogP contribution in [0.1, 0.15) is 30.1 Å². The molecule has 1 aromatic carbocycles. The molecule has 1 N–H and O–H groups in total. The van der Waals surface area contributed by atoms with Crippen molar-refractivity contribution in [1.82, 2.24) is 20.1 Å². The third-order valence-corrected chi connectivity index (χ3v) is 4.11. The first-order chi connectivity index (χ1) is 10.8. The molecule has 0 bridgehead atoms. The molecule has 1 atom stereocenters. The number of hydrogen-bond acceptors (Lipinski definition) is 4. The third kappa shape index (κ3) is 3.27. The normalized spacial score (nSPS) is 18.2. The summed E-state index contributed by atoms with van der Waals surface area (Å²) in [7, 11) is 1.64. The monoisotopic (exact) mass is 300 g/mol. The maximum Gasteiger partial charge on any atom is 0.227 e. The van der Waals surface area contributed by atoms with E-state index in [1.54, 1.807) is 7.11 Å². The Hall–Kier alpha value is -2.37. The van der Waals surface area contributed by atoms with E-state index in [9.17, 15) is 4.79 Å². The van der Waals surface area contributed by atoms with Gasteiger partial charge in [0.25, 0.3) is 0 Å². The molecule has 6 nitrogen and oxygen atoms in total. The van der Waals surface area contributed by atoms with Crippen LogP contribution < -0.4 is 4.74 Å². The van der Waals surface area contributed by atoms with Crippen molar-refractivity contribution in [2.24, 2.45) is 0 Å². The van der Waals surface area contributed by atoms with Crippen LogP contribution in [0.3, 0.4) is 0 Å². The predicted molar refractivity (Wildman–Crippen MR) is 81.6 cm³/mol. The molecule has 0 saturated carbocycles. The number of rotatable bonds is 4. The molecule has 1 aliphatic heterocycles. The van der Waals surface area contributed by atoms with Crippen molar-refractivity contribution in [3.63, 3.8) is 0 Å². The van der Waals surface area contributed by atoms with Crippen LogP contribution in [0, 0.1) is 0 Å². The number of benzene rings is 1. The zero-order chi connectivity index (χ0) is 15.4. The lowest BCUT2D eigenvalue weighted by molar-refractivity contribution is -0.131. The highest BCUT2D eigenvalue weighted by atomic mass is 16.5. The van der Waals surface area contributed by atoms with Crippen molar-refractivity contribution in [3.8, 4) is 5.75 Å². The van der Waals surface area contributed by atoms with Gasteiger partial charge in [-0.2, -0.15) is 5.10 Å². The molecule has 6 heteroatoms. The first-order valence-corrected chi connectivity index (χ1v) is 7.52. The highest BCUT2D eigenvalue weighted by Crippen LogP contribution is 2.24. The highest BCUT2D eigenvalue weighted by Gasteiger charge is 2.26. The molecule has 1 amide bonds. The molecule has 0 aliphatic carbocycles. The van der Waals surface area contributed by atoms with Gasteiger partial charge in [-0.05, 0) is 30.5 Å². The van der Waals surface area contributed by atoms with E-state index in [4.69, 9.17) is 4.74 Å². The fourth-order valence-electron chi connectivity index (χ4n) is 2.87. The number of nitrogens with zero attached hydrogens (tertiary/aromatic N) is 3. The molecular weight excluding hydrogens is 280 g/mol. The van der Waals surface area contributed by atoms with E-state index in [0.717, 1.165) is 36.5 Å². The molecule has 1 unspecified atom stereocenters. The van der Waals surface area contributed by atoms with Gasteiger partial charge in [-0.1, -0.05) is 12.1 Å². The maximum atomic E-state index is 12.5. The fourth-order valence-corrected chi connectivity index (χ4v) is 2.87. The number of aromatic amines is 1. The third-order valence-electron chi connectivity index (χ3n) is 4.11. The van der Waals surface area contributed by atoms with Crippen molar-refractivity contribution < 1.29 is 9.53 Å². The molecule has 116 valence electrons. The summed E-state index contributed by atoms with van der Waals surface area (Å²) in [5.74, 6) is 2.10. The van der Waals surface area contributed by atoms with Crippen LogP contribution >= 0.6 is 0 Å². The molecule has 1 aliphatic rings. The number of carbonyl (C=O) groups excluding carboxylic acids is 1. The number of aromatic nitrogens is 3. The van der Waals surface area contributed by atoms with E-state index in [1.165, 1.54) is 6.33 Å². The second-order valence-corrected chi connectivity index (χ2v) is 5.57. The molecule has 0 spiro atoms.